The summed E-state index contributed by atoms with van der Waals surface area (Å²) in [6.07, 6.45) is 0.893. The highest BCUT2D eigenvalue weighted by Gasteiger charge is 2.30. The molecule has 1 aliphatic heterocycles. The fourth-order valence-corrected chi connectivity index (χ4v) is 5.05. The lowest BCUT2D eigenvalue weighted by Crippen LogP contribution is -2.37. The van der Waals surface area contributed by atoms with Gasteiger partial charge in [-0.2, -0.15) is 0 Å². The Bertz CT molecular complexity index is 1280. The molecule has 2 aromatic heterocycles. The molecule has 0 bridgehead atoms. The van der Waals surface area contributed by atoms with Crippen LogP contribution in [0.1, 0.15) is 18.1 Å². The van der Waals surface area contributed by atoms with E-state index in [0.29, 0.717) is 10.9 Å². The number of rotatable bonds is 4. The van der Waals surface area contributed by atoms with Gasteiger partial charge in [-0.25, -0.2) is 0 Å². The highest BCUT2D eigenvalue weighted by molar-refractivity contribution is 7.99. The number of nitrogens with zero attached hydrogens (tertiary/aromatic N) is 4. The molecular weight excluding hydrogens is 396 g/mol. The lowest BCUT2D eigenvalue weighted by atomic mass is 10.1. The van der Waals surface area contributed by atoms with E-state index in [0.717, 1.165) is 40.0 Å². The van der Waals surface area contributed by atoms with E-state index in [-0.39, 0.29) is 11.9 Å². The van der Waals surface area contributed by atoms with Crippen molar-refractivity contribution in [1.29, 1.82) is 0 Å². The normalized spacial score (nSPS) is 15.7. The van der Waals surface area contributed by atoms with E-state index in [1.165, 1.54) is 17.3 Å². The molecule has 6 nitrogen and oxygen atoms in total. The molecule has 0 aliphatic carbocycles. The Morgan fingerprint density at radius 1 is 1.20 bits per heavy atom. The van der Waals surface area contributed by atoms with Gasteiger partial charge in [-0.1, -0.05) is 30.0 Å². The van der Waals surface area contributed by atoms with Crippen LogP contribution < -0.4 is 9.64 Å². The summed E-state index contributed by atoms with van der Waals surface area (Å²) in [4.78, 5) is 15.0. The van der Waals surface area contributed by atoms with E-state index < -0.39 is 0 Å². The molecule has 1 unspecified atom stereocenters. The smallest absolute Gasteiger partial charge is 0.237 e. The first kappa shape index (κ1) is 18.9. The first-order chi connectivity index (χ1) is 14.6. The van der Waals surface area contributed by atoms with Crippen LogP contribution in [0.4, 0.5) is 5.69 Å². The number of hydrogen-bond acceptors (Lipinski definition) is 5. The van der Waals surface area contributed by atoms with Gasteiger partial charge in [0.05, 0.1) is 18.4 Å². The summed E-state index contributed by atoms with van der Waals surface area (Å²) < 4.78 is 7.43. The molecule has 4 aromatic rings. The Kier molecular flexibility index (Phi) is 4.62. The number of methoxy groups -OCH3 is 1. The molecular formula is C23H22N4O2S. The Labute approximate surface area is 178 Å². The summed E-state index contributed by atoms with van der Waals surface area (Å²) in [5.74, 6) is 1.17. The second kappa shape index (κ2) is 7.32. The molecule has 5 rings (SSSR count). The van der Waals surface area contributed by atoms with Crippen LogP contribution in [0.5, 0.6) is 5.75 Å². The Morgan fingerprint density at radius 2 is 2.03 bits per heavy atom. The van der Waals surface area contributed by atoms with Crippen molar-refractivity contribution in [3.05, 3.63) is 59.7 Å². The quantitative estimate of drug-likeness (QED) is 0.463. The molecule has 0 spiro atoms. The average molecular weight is 419 g/mol. The van der Waals surface area contributed by atoms with Crippen molar-refractivity contribution >= 4 is 39.9 Å². The molecule has 3 heterocycles. The molecule has 7 heteroatoms. The second-order valence-electron chi connectivity index (χ2n) is 7.63. The fourth-order valence-electron chi connectivity index (χ4n) is 4.24. The number of anilines is 1. The van der Waals surface area contributed by atoms with Gasteiger partial charge in [-0.15, -0.1) is 10.2 Å². The summed E-state index contributed by atoms with van der Waals surface area (Å²) >= 11 is 1.42. The van der Waals surface area contributed by atoms with E-state index in [1.807, 2.05) is 52.6 Å². The van der Waals surface area contributed by atoms with Crippen LogP contribution in [0.2, 0.25) is 0 Å². The molecule has 0 saturated heterocycles. The zero-order valence-electron chi connectivity index (χ0n) is 17.1. The summed E-state index contributed by atoms with van der Waals surface area (Å²) in [5, 5.41) is 10.6. The lowest BCUT2D eigenvalue weighted by molar-refractivity contribution is -0.116. The van der Waals surface area contributed by atoms with Crippen LogP contribution in [-0.2, 0) is 11.2 Å². The molecule has 0 saturated carbocycles. The van der Waals surface area contributed by atoms with Crippen LogP contribution in [-0.4, -0.2) is 39.4 Å². The number of pyridine rings is 1. The highest BCUT2D eigenvalue weighted by Crippen LogP contribution is 2.33. The van der Waals surface area contributed by atoms with Gasteiger partial charge >= 0.3 is 0 Å². The zero-order chi connectivity index (χ0) is 20.8. The highest BCUT2D eigenvalue weighted by atomic mass is 32.2. The third-order valence-corrected chi connectivity index (χ3v) is 6.55. The SMILES string of the molecule is COc1ccc2cc(C)c3nnc(SCC(=O)N4c5ccccc5CC4C)n3c2c1. The maximum absolute atomic E-state index is 13.1. The third kappa shape index (κ3) is 3.01. The summed E-state index contributed by atoms with van der Waals surface area (Å²) in [5.41, 5.74) is 5.05. The monoisotopic (exact) mass is 418 g/mol. The van der Waals surface area contributed by atoms with E-state index in [9.17, 15) is 4.79 Å². The van der Waals surface area contributed by atoms with Crippen LogP contribution in [0.15, 0.2) is 53.7 Å². The van der Waals surface area contributed by atoms with Crippen molar-refractivity contribution < 1.29 is 9.53 Å². The first-order valence-corrected chi connectivity index (χ1v) is 10.9. The number of aromatic nitrogens is 3. The number of carbonyl (C=O) groups is 1. The number of ether oxygens (including phenoxy) is 1. The minimum atomic E-state index is 0.0868. The molecule has 30 heavy (non-hydrogen) atoms. The maximum atomic E-state index is 13.1. The molecule has 2 aromatic carbocycles. The Hall–Kier alpha value is -3.06. The third-order valence-electron chi connectivity index (χ3n) is 5.64. The minimum Gasteiger partial charge on any atom is -0.497 e. The van der Waals surface area contributed by atoms with Crippen molar-refractivity contribution in [1.82, 2.24) is 14.6 Å². The van der Waals surface area contributed by atoms with Crippen LogP contribution in [0.3, 0.4) is 0 Å². The number of carbonyl (C=O) groups excluding carboxylic acids is 1. The molecule has 0 radical (unpaired) electrons. The number of amides is 1. The zero-order valence-corrected chi connectivity index (χ0v) is 17.9. The number of benzene rings is 2. The predicted octanol–water partition coefficient (Wildman–Crippen LogP) is 4.27. The number of para-hydroxylation sites is 1. The summed E-state index contributed by atoms with van der Waals surface area (Å²) in [6.45, 7) is 4.12. The number of aryl methyl sites for hydroxylation is 1. The van der Waals surface area contributed by atoms with Crippen molar-refractivity contribution in [2.45, 2.75) is 31.5 Å². The maximum Gasteiger partial charge on any atom is 0.237 e. The van der Waals surface area contributed by atoms with Crippen molar-refractivity contribution in [2.24, 2.45) is 0 Å². The largest absolute Gasteiger partial charge is 0.497 e. The molecule has 1 amide bonds. The van der Waals surface area contributed by atoms with Gasteiger partial charge in [-0.3, -0.25) is 9.20 Å². The Morgan fingerprint density at radius 3 is 2.87 bits per heavy atom. The Balaban J connectivity index is 1.48. The number of fused-ring (bicyclic) bond motifs is 4. The van der Waals surface area contributed by atoms with Crippen LogP contribution in [0, 0.1) is 6.92 Å². The van der Waals surface area contributed by atoms with Gasteiger partial charge < -0.3 is 9.64 Å². The van der Waals surface area contributed by atoms with Gasteiger partial charge in [0.2, 0.25) is 5.91 Å². The average Bonchev–Trinajstić information content (AvgIpc) is 3.33. The van der Waals surface area contributed by atoms with Crippen molar-refractivity contribution in [3.8, 4) is 5.75 Å². The van der Waals surface area contributed by atoms with Crippen LogP contribution >= 0.6 is 11.8 Å². The molecule has 1 aliphatic rings. The molecule has 0 N–H and O–H groups in total. The minimum absolute atomic E-state index is 0.0868. The van der Waals surface area contributed by atoms with Crippen LogP contribution in [0.25, 0.3) is 16.6 Å². The standard InChI is InChI=1S/C23H22N4O2S/c1-14-10-17-8-9-18(29-3)12-20(17)27-22(14)24-25-23(27)30-13-21(28)26-15(2)11-16-6-4-5-7-19(16)26/h4-10,12,15H,11,13H2,1-3H3. The van der Waals surface area contributed by atoms with Crippen molar-refractivity contribution in [3.63, 3.8) is 0 Å². The lowest BCUT2D eigenvalue weighted by Gasteiger charge is -2.22. The molecule has 1 atom stereocenters. The van der Waals surface area contributed by atoms with Gasteiger partial charge in [-0.05, 0) is 61.0 Å². The topological polar surface area (TPSA) is 59.7 Å². The van der Waals surface area contributed by atoms with E-state index in [4.69, 9.17) is 4.74 Å². The second-order valence-corrected chi connectivity index (χ2v) is 8.57. The van der Waals surface area contributed by atoms with Gasteiger partial charge in [0.15, 0.2) is 10.8 Å². The number of hydrogen-bond donors (Lipinski definition) is 0. The van der Waals surface area contributed by atoms with Crippen molar-refractivity contribution in [2.75, 3.05) is 17.8 Å². The molecule has 0 fully saturated rings. The summed E-state index contributed by atoms with van der Waals surface area (Å²) in [7, 11) is 1.65. The first-order valence-electron chi connectivity index (χ1n) is 9.92. The molecule has 152 valence electrons. The van der Waals surface area contributed by atoms with Gasteiger partial charge in [0, 0.05) is 17.8 Å². The van der Waals surface area contributed by atoms with E-state index >= 15 is 0 Å². The predicted molar refractivity (Wildman–Crippen MR) is 120 cm³/mol. The number of thioether (sulfide) groups is 1. The van der Waals surface area contributed by atoms with Gasteiger partial charge in [0.25, 0.3) is 0 Å². The summed E-state index contributed by atoms with van der Waals surface area (Å²) in [6, 6.07) is 16.4. The fraction of sp³-hybridized carbons (Fsp3) is 0.261. The van der Waals surface area contributed by atoms with E-state index in [2.05, 4.69) is 29.3 Å². The van der Waals surface area contributed by atoms with E-state index in [1.54, 1.807) is 7.11 Å². The van der Waals surface area contributed by atoms with Gasteiger partial charge in [0.1, 0.15) is 5.75 Å².